The Kier molecular flexibility index (Phi) is 5.88. The Balaban J connectivity index is 2.21. The van der Waals surface area contributed by atoms with Crippen LogP contribution in [0.1, 0.15) is 51.9 Å². The predicted octanol–water partition coefficient (Wildman–Crippen LogP) is 3.08. The Morgan fingerprint density at radius 2 is 1.88 bits per heavy atom. The molecule has 0 spiro atoms. The van der Waals surface area contributed by atoms with E-state index in [0.717, 1.165) is 12.8 Å². The van der Waals surface area contributed by atoms with E-state index < -0.39 is 5.97 Å². The van der Waals surface area contributed by atoms with Gasteiger partial charge in [0.05, 0.1) is 0 Å². The van der Waals surface area contributed by atoms with Crippen LogP contribution in [0.2, 0.25) is 0 Å². The topological polar surface area (TPSA) is 54.4 Å². The van der Waals surface area contributed by atoms with Gasteiger partial charge < -0.3 is 5.11 Å². The Labute approximate surface area is 101 Å². The van der Waals surface area contributed by atoms with Gasteiger partial charge in [-0.25, -0.2) is 0 Å². The van der Waals surface area contributed by atoms with Gasteiger partial charge in [-0.15, -0.1) is 0 Å². The zero-order valence-electron chi connectivity index (χ0n) is 9.78. The highest BCUT2D eigenvalue weighted by molar-refractivity contribution is 8.14. The fraction of sp³-hybridized carbons (Fsp3) is 0.833. The number of carbonyl (C=O) groups excluding carboxylic acids is 1. The number of thioether (sulfide) groups is 1. The highest BCUT2D eigenvalue weighted by Gasteiger charge is 2.19. The first-order chi connectivity index (χ1) is 7.58. The monoisotopic (exact) mass is 244 g/mol. The van der Waals surface area contributed by atoms with E-state index in [1.54, 1.807) is 0 Å². The minimum Gasteiger partial charge on any atom is -0.481 e. The molecule has 1 saturated carbocycles. The second kappa shape index (κ2) is 6.94. The van der Waals surface area contributed by atoms with E-state index in [1.807, 2.05) is 6.92 Å². The molecular formula is C12H20O3S. The quantitative estimate of drug-likeness (QED) is 0.807. The second-order valence-electron chi connectivity index (χ2n) is 4.66. The maximum absolute atomic E-state index is 11.7. The van der Waals surface area contributed by atoms with E-state index in [4.69, 9.17) is 5.11 Å². The lowest BCUT2D eigenvalue weighted by Crippen LogP contribution is -2.14. The Morgan fingerprint density at radius 1 is 1.25 bits per heavy atom. The van der Waals surface area contributed by atoms with Crippen LogP contribution in [0.4, 0.5) is 0 Å². The molecule has 1 rings (SSSR count). The van der Waals surface area contributed by atoms with Crippen molar-refractivity contribution in [1.29, 1.82) is 0 Å². The summed E-state index contributed by atoms with van der Waals surface area (Å²) < 4.78 is 0. The molecule has 0 aromatic rings. The molecule has 1 fully saturated rings. The van der Waals surface area contributed by atoms with Gasteiger partial charge in [-0.2, -0.15) is 0 Å². The first-order valence-corrected chi connectivity index (χ1v) is 6.87. The van der Waals surface area contributed by atoms with Crippen LogP contribution < -0.4 is 0 Å². The molecule has 16 heavy (non-hydrogen) atoms. The van der Waals surface area contributed by atoms with Gasteiger partial charge in [0, 0.05) is 18.1 Å². The Hall–Kier alpha value is -0.510. The van der Waals surface area contributed by atoms with Crippen LogP contribution in [-0.2, 0) is 9.59 Å². The summed E-state index contributed by atoms with van der Waals surface area (Å²) in [5, 5.41) is 9.25. The standard InChI is InChI=1S/C12H20O3S/c1-9(7-11(13)14)8-12(15)16-10-5-3-2-4-6-10/h9-10H,2-8H2,1H3,(H,13,14)/t9-/m1/s1. The Bertz CT molecular complexity index is 247. The lowest BCUT2D eigenvalue weighted by atomic mass is 10.0. The van der Waals surface area contributed by atoms with E-state index in [0.29, 0.717) is 11.7 Å². The molecule has 0 heterocycles. The number of rotatable bonds is 5. The fourth-order valence-electron chi connectivity index (χ4n) is 2.07. The molecule has 0 aromatic carbocycles. The summed E-state index contributed by atoms with van der Waals surface area (Å²) >= 11 is 1.44. The summed E-state index contributed by atoms with van der Waals surface area (Å²) in [6.07, 6.45) is 6.53. The van der Waals surface area contributed by atoms with Crippen molar-refractivity contribution in [3.63, 3.8) is 0 Å². The molecule has 1 atom stereocenters. The minimum atomic E-state index is -0.817. The molecule has 0 amide bonds. The molecule has 0 bridgehead atoms. The smallest absolute Gasteiger partial charge is 0.303 e. The molecule has 0 unspecified atom stereocenters. The average molecular weight is 244 g/mol. The van der Waals surface area contributed by atoms with Gasteiger partial charge in [-0.1, -0.05) is 37.9 Å². The lowest BCUT2D eigenvalue weighted by Gasteiger charge is -2.20. The summed E-state index contributed by atoms with van der Waals surface area (Å²) in [5.41, 5.74) is 0. The number of aliphatic carboxylic acids is 1. The molecule has 0 aromatic heterocycles. The normalized spacial score (nSPS) is 19.3. The Morgan fingerprint density at radius 3 is 2.44 bits per heavy atom. The van der Waals surface area contributed by atoms with Crippen LogP contribution in [0.25, 0.3) is 0 Å². The summed E-state index contributed by atoms with van der Waals surface area (Å²) in [6.45, 7) is 1.83. The minimum absolute atomic E-state index is 0.0407. The molecule has 1 aliphatic rings. The van der Waals surface area contributed by atoms with Crippen molar-refractivity contribution in [3.05, 3.63) is 0 Å². The van der Waals surface area contributed by atoms with E-state index in [-0.39, 0.29) is 17.5 Å². The summed E-state index contributed by atoms with van der Waals surface area (Å²) in [6, 6.07) is 0. The molecule has 0 radical (unpaired) electrons. The van der Waals surface area contributed by atoms with E-state index in [2.05, 4.69) is 0 Å². The fourth-order valence-corrected chi connectivity index (χ4v) is 3.39. The summed E-state index contributed by atoms with van der Waals surface area (Å²) in [5.74, 6) is -0.857. The molecule has 0 aliphatic heterocycles. The second-order valence-corrected chi connectivity index (χ2v) is 6.01. The third kappa shape index (κ3) is 5.54. The first-order valence-electron chi connectivity index (χ1n) is 5.99. The van der Waals surface area contributed by atoms with Crippen molar-refractivity contribution in [1.82, 2.24) is 0 Å². The molecule has 0 saturated heterocycles. The molecule has 92 valence electrons. The number of carboxylic acids is 1. The SMILES string of the molecule is C[C@H](CC(=O)O)CC(=O)SC1CCCCC1. The average Bonchev–Trinajstić information content (AvgIpc) is 2.17. The van der Waals surface area contributed by atoms with E-state index >= 15 is 0 Å². The van der Waals surface area contributed by atoms with Crippen molar-refractivity contribution in [2.75, 3.05) is 0 Å². The summed E-state index contributed by atoms with van der Waals surface area (Å²) in [4.78, 5) is 22.1. The van der Waals surface area contributed by atoms with Crippen molar-refractivity contribution < 1.29 is 14.7 Å². The van der Waals surface area contributed by atoms with Gasteiger partial charge in [0.15, 0.2) is 5.12 Å². The van der Waals surface area contributed by atoms with Crippen LogP contribution in [0, 0.1) is 5.92 Å². The third-order valence-corrected chi connectivity index (χ3v) is 4.12. The van der Waals surface area contributed by atoms with Crippen LogP contribution in [-0.4, -0.2) is 21.4 Å². The van der Waals surface area contributed by atoms with Gasteiger partial charge in [-0.3, -0.25) is 9.59 Å². The number of carbonyl (C=O) groups is 2. The zero-order chi connectivity index (χ0) is 12.0. The maximum Gasteiger partial charge on any atom is 0.303 e. The lowest BCUT2D eigenvalue weighted by molar-refractivity contribution is -0.138. The molecule has 4 heteroatoms. The van der Waals surface area contributed by atoms with Gasteiger partial charge in [0.25, 0.3) is 0 Å². The molecule has 3 nitrogen and oxygen atoms in total. The van der Waals surface area contributed by atoms with Crippen molar-refractivity contribution in [2.45, 2.75) is 57.1 Å². The number of hydrogen-bond acceptors (Lipinski definition) is 3. The van der Waals surface area contributed by atoms with Gasteiger partial charge in [0.2, 0.25) is 0 Å². The number of carboxylic acid groups (broad SMARTS) is 1. The maximum atomic E-state index is 11.7. The van der Waals surface area contributed by atoms with E-state index in [9.17, 15) is 9.59 Å². The first kappa shape index (κ1) is 13.6. The van der Waals surface area contributed by atoms with Crippen LogP contribution >= 0.6 is 11.8 Å². The van der Waals surface area contributed by atoms with Gasteiger partial charge >= 0.3 is 5.97 Å². The zero-order valence-corrected chi connectivity index (χ0v) is 10.6. The number of hydrogen-bond donors (Lipinski definition) is 1. The van der Waals surface area contributed by atoms with E-state index in [1.165, 1.54) is 31.0 Å². The summed E-state index contributed by atoms with van der Waals surface area (Å²) in [7, 11) is 0. The van der Waals surface area contributed by atoms with Gasteiger partial charge in [0.1, 0.15) is 0 Å². The van der Waals surface area contributed by atoms with Crippen LogP contribution in [0.5, 0.6) is 0 Å². The van der Waals surface area contributed by atoms with Gasteiger partial charge in [-0.05, 0) is 18.8 Å². The van der Waals surface area contributed by atoms with Crippen molar-refractivity contribution in [3.8, 4) is 0 Å². The highest BCUT2D eigenvalue weighted by atomic mass is 32.2. The van der Waals surface area contributed by atoms with Crippen molar-refractivity contribution >= 4 is 22.8 Å². The molecule has 1 N–H and O–H groups in total. The van der Waals surface area contributed by atoms with Crippen LogP contribution in [0.15, 0.2) is 0 Å². The third-order valence-electron chi connectivity index (χ3n) is 2.89. The predicted molar refractivity (Wildman–Crippen MR) is 65.5 cm³/mol. The van der Waals surface area contributed by atoms with Crippen molar-refractivity contribution in [2.24, 2.45) is 5.92 Å². The highest BCUT2D eigenvalue weighted by Crippen LogP contribution is 2.30. The molecule has 1 aliphatic carbocycles. The van der Waals surface area contributed by atoms with Crippen LogP contribution in [0.3, 0.4) is 0 Å². The largest absolute Gasteiger partial charge is 0.481 e. The molecular weight excluding hydrogens is 224 g/mol.